The van der Waals surface area contributed by atoms with Gasteiger partial charge in [0.15, 0.2) is 15.0 Å². The van der Waals surface area contributed by atoms with Gasteiger partial charge < -0.3 is 10.1 Å². The number of aromatic nitrogens is 1. The largest absolute Gasteiger partial charge is 0.494 e. The molecule has 2 aromatic carbocycles. The number of thiazole rings is 1. The van der Waals surface area contributed by atoms with Gasteiger partial charge in [-0.25, -0.2) is 21.8 Å². The molecular formula is C22H25N3O6S3. The van der Waals surface area contributed by atoms with Crippen LogP contribution in [0.5, 0.6) is 5.75 Å². The van der Waals surface area contributed by atoms with Crippen LogP contribution in [0.15, 0.2) is 52.3 Å². The summed E-state index contributed by atoms with van der Waals surface area (Å²) >= 11 is 1.36. The minimum atomic E-state index is -3.86. The zero-order valence-corrected chi connectivity index (χ0v) is 21.2. The number of hydrogen-bond donors (Lipinski definition) is 1. The van der Waals surface area contributed by atoms with E-state index >= 15 is 0 Å². The molecule has 1 fully saturated rings. The highest BCUT2D eigenvalue weighted by atomic mass is 32.2. The second kappa shape index (κ2) is 9.61. The van der Waals surface area contributed by atoms with Gasteiger partial charge in [-0.2, -0.15) is 4.31 Å². The van der Waals surface area contributed by atoms with Gasteiger partial charge in [0.05, 0.1) is 26.6 Å². The summed E-state index contributed by atoms with van der Waals surface area (Å²) in [5.74, 6) is 0.201. The van der Waals surface area contributed by atoms with Crippen molar-refractivity contribution in [1.82, 2.24) is 9.29 Å². The van der Waals surface area contributed by atoms with Crippen molar-refractivity contribution >= 4 is 52.5 Å². The molecule has 1 aliphatic rings. The minimum Gasteiger partial charge on any atom is -0.494 e. The lowest BCUT2D eigenvalue weighted by Crippen LogP contribution is -2.41. The number of rotatable bonds is 7. The van der Waals surface area contributed by atoms with Crippen LogP contribution in [0.1, 0.15) is 19.8 Å². The average Bonchev–Trinajstić information content (AvgIpc) is 3.20. The maximum atomic E-state index is 13.0. The molecule has 3 aromatic rings. The Labute approximate surface area is 202 Å². The van der Waals surface area contributed by atoms with Crippen LogP contribution < -0.4 is 10.1 Å². The van der Waals surface area contributed by atoms with E-state index in [1.807, 2.05) is 25.1 Å². The summed E-state index contributed by atoms with van der Waals surface area (Å²) in [4.78, 5) is 17.1. The standard InChI is InChI=1S/C22H25N3O6S3/c1-3-31-16-7-8-19-20(13-16)32-22(23-19)24-21(26)15-9-11-25(12-10-15)34(29,30)18-6-4-5-17(14-18)33(2,27)28/h4-8,13-15H,3,9-12H2,1-2H3,(H,23,24,26). The Morgan fingerprint density at radius 2 is 1.82 bits per heavy atom. The van der Waals surface area contributed by atoms with Crippen LogP contribution in [0, 0.1) is 5.92 Å². The maximum Gasteiger partial charge on any atom is 0.243 e. The molecule has 0 saturated carbocycles. The Hall–Kier alpha value is -2.54. The number of nitrogens with one attached hydrogen (secondary N) is 1. The van der Waals surface area contributed by atoms with Gasteiger partial charge in [0.25, 0.3) is 0 Å². The summed E-state index contributed by atoms with van der Waals surface area (Å²) in [6.07, 6.45) is 1.75. The second-order valence-corrected chi connectivity index (χ2v) is 13.0. The Morgan fingerprint density at radius 1 is 1.12 bits per heavy atom. The van der Waals surface area contributed by atoms with Gasteiger partial charge in [-0.15, -0.1) is 0 Å². The van der Waals surface area contributed by atoms with Crippen LogP contribution >= 0.6 is 11.3 Å². The Bertz CT molecular complexity index is 1430. The van der Waals surface area contributed by atoms with E-state index in [4.69, 9.17) is 4.74 Å². The molecule has 9 nitrogen and oxygen atoms in total. The molecule has 0 aliphatic carbocycles. The topological polar surface area (TPSA) is 123 Å². The Balaban J connectivity index is 1.40. The molecule has 0 bridgehead atoms. The Kier molecular flexibility index (Phi) is 6.94. The number of anilines is 1. The van der Waals surface area contributed by atoms with Crippen LogP contribution in [-0.4, -0.2) is 58.0 Å². The maximum absolute atomic E-state index is 13.0. The second-order valence-electron chi connectivity index (χ2n) is 8.00. The minimum absolute atomic E-state index is 0.0490. The highest BCUT2D eigenvalue weighted by molar-refractivity contribution is 7.91. The van der Waals surface area contributed by atoms with Gasteiger partial charge in [0.1, 0.15) is 5.75 Å². The summed E-state index contributed by atoms with van der Waals surface area (Å²) in [6, 6.07) is 10.9. The lowest BCUT2D eigenvalue weighted by Gasteiger charge is -2.30. The smallest absolute Gasteiger partial charge is 0.243 e. The molecule has 34 heavy (non-hydrogen) atoms. The molecule has 1 saturated heterocycles. The van der Waals surface area contributed by atoms with Crippen LogP contribution in [0.25, 0.3) is 10.2 Å². The van der Waals surface area contributed by atoms with E-state index in [9.17, 15) is 21.6 Å². The van der Waals surface area contributed by atoms with E-state index in [-0.39, 0.29) is 34.7 Å². The first-order valence-electron chi connectivity index (χ1n) is 10.7. The van der Waals surface area contributed by atoms with E-state index in [1.54, 1.807) is 0 Å². The predicted octanol–water partition coefficient (Wildman–Crippen LogP) is 3.14. The van der Waals surface area contributed by atoms with Crippen LogP contribution in [0.4, 0.5) is 5.13 Å². The molecule has 0 unspecified atom stereocenters. The number of hydrogen-bond acceptors (Lipinski definition) is 8. The summed E-state index contributed by atoms with van der Waals surface area (Å²) < 4.78 is 57.3. The normalized spacial score (nSPS) is 15.9. The number of fused-ring (bicyclic) bond motifs is 1. The molecule has 182 valence electrons. The first kappa shape index (κ1) is 24.6. The monoisotopic (exact) mass is 523 g/mol. The SMILES string of the molecule is CCOc1ccc2nc(NC(=O)C3CCN(S(=O)(=O)c4cccc(S(C)(=O)=O)c4)CC3)sc2c1. The molecule has 1 aliphatic heterocycles. The number of amides is 1. The first-order chi connectivity index (χ1) is 16.1. The van der Waals surface area contributed by atoms with Gasteiger partial charge in [-0.05, 0) is 56.2 Å². The molecule has 12 heteroatoms. The van der Waals surface area contributed by atoms with Crippen molar-refractivity contribution < 1.29 is 26.4 Å². The first-order valence-corrected chi connectivity index (χ1v) is 14.9. The molecule has 4 rings (SSSR count). The van der Waals surface area contributed by atoms with Gasteiger partial charge in [-0.3, -0.25) is 4.79 Å². The van der Waals surface area contributed by atoms with Crippen molar-refractivity contribution in [2.45, 2.75) is 29.6 Å². The number of sulfone groups is 1. The van der Waals surface area contributed by atoms with E-state index in [0.29, 0.717) is 24.6 Å². The van der Waals surface area contributed by atoms with Crippen molar-refractivity contribution in [3.63, 3.8) is 0 Å². The van der Waals surface area contributed by atoms with Crippen LogP contribution in [0.3, 0.4) is 0 Å². The van der Waals surface area contributed by atoms with Crippen molar-refractivity contribution in [2.75, 3.05) is 31.3 Å². The van der Waals surface area contributed by atoms with Crippen LogP contribution in [0.2, 0.25) is 0 Å². The van der Waals surface area contributed by atoms with Crippen molar-refractivity contribution in [3.8, 4) is 5.75 Å². The third-order valence-electron chi connectivity index (χ3n) is 5.60. The lowest BCUT2D eigenvalue weighted by atomic mass is 9.97. The number of piperidine rings is 1. The number of carbonyl (C=O) groups is 1. The molecule has 1 aromatic heterocycles. The third-order valence-corrected chi connectivity index (χ3v) is 9.54. The fraction of sp³-hybridized carbons (Fsp3) is 0.364. The average molecular weight is 524 g/mol. The number of sulfonamides is 1. The number of carbonyl (C=O) groups excluding carboxylic acids is 1. The highest BCUT2D eigenvalue weighted by Gasteiger charge is 2.32. The van der Waals surface area contributed by atoms with Crippen molar-refractivity contribution in [1.29, 1.82) is 0 Å². The van der Waals surface area contributed by atoms with Crippen LogP contribution in [-0.2, 0) is 24.7 Å². The molecule has 1 amide bonds. The van der Waals surface area contributed by atoms with E-state index in [2.05, 4.69) is 10.3 Å². The molecule has 0 radical (unpaired) electrons. The summed E-state index contributed by atoms with van der Waals surface area (Å²) in [6.45, 7) is 2.80. The number of nitrogens with zero attached hydrogens (tertiary/aromatic N) is 2. The van der Waals surface area contributed by atoms with Gasteiger partial charge in [-0.1, -0.05) is 17.4 Å². The molecule has 0 atom stereocenters. The zero-order valence-electron chi connectivity index (χ0n) is 18.7. The molecule has 0 spiro atoms. The van der Waals surface area contributed by atoms with Crippen molar-refractivity contribution in [2.24, 2.45) is 5.92 Å². The number of benzene rings is 2. The highest BCUT2D eigenvalue weighted by Crippen LogP contribution is 2.31. The zero-order chi connectivity index (χ0) is 24.5. The lowest BCUT2D eigenvalue weighted by molar-refractivity contribution is -0.120. The Morgan fingerprint density at radius 3 is 2.50 bits per heavy atom. The predicted molar refractivity (Wildman–Crippen MR) is 130 cm³/mol. The third kappa shape index (κ3) is 5.24. The summed E-state index contributed by atoms with van der Waals surface area (Å²) in [5, 5.41) is 3.34. The van der Waals surface area contributed by atoms with Gasteiger partial charge in [0.2, 0.25) is 15.9 Å². The molecule has 2 heterocycles. The molecule has 1 N–H and O–H groups in total. The summed E-state index contributed by atoms with van der Waals surface area (Å²) in [7, 11) is -7.39. The fourth-order valence-electron chi connectivity index (χ4n) is 3.80. The van der Waals surface area contributed by atoms with E-state index in [0.717, 1.165) is 22.2 Å². The van der Waals surface area contributed by atoms with Gasteiger partial charge >= 0.3 is 0 Å². The van der Waals surface area contributed by atoms with Crippen molar-refractivity contribution in [3.05, 3.63) is 42.5 Å². The van der Waals surface area contributed by atoms with E-state index < -0.39 is 19.9 Å². The van der Waals surface area contributed by atoms with Gasteiger partial charge in [0, 0.05) is 25.3 Å². The fourth-order valence-corrected chi connectivity index (χ4v) is 6.95. The summed E-state index contributed by atoms with van der Waals surface area (Å²) in [5.41, 5.74) is 0.765. The quantitative estimate of drug-likeness (QED) is 0.505. The van der Waals surface area contributed by atoms with E-state index in [1.165, 1.54) is 39.9 Å². The number of ether oxygens (including phenoxy) is 1. The molecular weight excluding hydrogens is 498 g/mol.